The van der Waals surface area contributed by atoms with Crippen LogP contribution in [0.4, 0.5) is 0 Å². The van der Waals surface area contributed by atoms with Gasteiger partial charge in [-0.3, -0.25) is 0 Å². The maximum atomic E-state index is 12.3. The number of nitrogens with one attached hydrogen (secondary N) is 1. The van der Waals surface area contributed by atoms with Crippen molar-refractivity contribution in [2.45, 2.75) is 50.5 Å². The largest absolute Gasteiger partial charge is 0.389 e. The standard InChI is InChI=1S/C17H24N2O3S/c1-12(2)16-15(6-5-11-17(16,4)20)18-19-23(21,22)14-9-7-13(3)8-10-14/h7-10,16,19-20H,1,5-6,11H2,2-4H3/b18-15+/t16-,17+/m1/s1. The average molecular weight is 336 g/mol. The van der Waals surface area contributed by atoms with Crippen molar-refractivity contribution < 1.29 is 13.5 Å². The van der Waals surface area contributed by atoms with Crippen LogP contribution in [0.2, 0.25) is 0 Å². The zero-order valence-corrected chi connectivity index (χ0v) is 14.7. The zero-order valence-electron chi connectivity index (χ0n) is 13.8. The first-order valence-electron chi connectivity index (χ1n) is 7.66. The Balaban J connectivity index is 2.26. The van der Waals surface area contributed by atoms with Crippen LogP contribution in [0.15, 0.2) is 46.4 Å². The molecule has 1 saturated carbocycles. The molecule has 0 heterocycles. The second-order valence-electron chi connectivity index (χ2n) is 6.50. The minimum Gasteiger partial charge on any atom is -0.389 e. The summed E-state index contributed by atoms with van der Waals surface area (Å²) in [6.07, 6.45) is 2.06. The molecule has 5 nitrogen and oxygen atoms in total. The summed E-state index contributed by atoms with van der Waals surface area (Å²) in [6.45, 7) is 9.39. The van der Waals surface area contributed by atoms with Crippen LogP contribution in [0.25, 0.3) is 0 Å². The molecule has 23 heavy (non-hydrogen) atoms. The summed E-state index contributed by atoms with van der Waals surface area (Å²) in [5.41, 5.74) is 1.45. The van der Waals surface area contributed by atoms with Crippen molar-refractivity contribution in [2.75, 3.05) is 0 Å². The minimum absolute atomic E-state index is 0.168. The number of rotatable bonds is 4. The van der Waals surface area contributed by atoms with Crippen LogP contribution in [0.3, 0.4) is 0 Å². The topological polar surface area (TPSA) is 78.8 Å². The highest BCUT2D eigenvalue weighted by atomic mass is 32.2. The Morgan fingerprint density at radius 3 is 2.57 bits per heavy atom. The van der Waals surface area contributed by atoms with Gasteiger partial charge in [0.1, 0.15) is 0 Å². The Labute approximate surface area is 138 Å². The molecule has 6 heteroatoms. The number of aliphatic hydroxyl groups is 1. The lowest BCUT2D eigenvalue weighted by Crippen LogP contribution is -2.44. The van der Waals surface area contributed by atoms with Gasteiger partial charge in [0.15, 0.2) is 0 Å². The molecule has 2 N–H and O–H groups in total. The fourth-order valence-electron chi connectivity index (χ4n) is 3.10. The molecule has 0 aromatic heterocycles. The van der Waals surface area contributed by atoms with E-state index in [1.165, 1.54) is 0 Å². The van der Waals surface area contributed by atoms with Gasteiger partial charge >= 0.3 is 0 Å². The molecule has 0 spiro atoms. The average Bonchev–Trinajstić information content (AvgIpc) is 2.44. The SMILES string of the molecule is C=C(C)[C@@H]1/C(=N/NS(=O)(=O)c2ccc(C)cc2)CCC[C@]1(C)O. The van der Waals surface area contributed by atoms with E-state index in [-0.39, 0.29) is 10.8 Å². The number of nitrogens with zero attached hydrogens (tertiary/aromatic N) is 1. The van der Waals surface area contributed by atoms with E-state index >= 15 is 0 Å². The molecule has 2 rings (SSSR count). The van der Waals surface area contributed by atoms with Gasteiger partial charge in [0, 0.05) is 11.6 Å². The van der Waals surface area contributed by atoms with Gasteiger partial charge in [0.05, 0.1) is 10.5 Å². The van der Waals surface area contributed by atoms with E-state index in [0.29, 0.717) is 18.6 Å². The van der Waals surface area contributed by atoms with Crippen LogP contribution in [-0.4, -0.2) is 24.8 Å². The van der Waals surface area contributed by atoms with E-state index < -0.39 is 15.6 Å². The lowest BCUT2D eigenvalue weighted by atomic mass is 9.72. The molecule has 1 aromatic carbocycles. The predicted octanol–water partition coefficient (Wildman–Crippen LogP) is 2.76. The normalized spacial score (nSPS) is 27.0. The van der Waals surface area contributed by atoms with E-state index in [4.69, 9.17) is 0 Å². The highest BCUT2D eigenvalue weighted by Crippen LogP contribution is 2.35. The molecule has 0 bridgehead atoms. The third-order valence-electron chi connectivity index (χ3n) is 4.20. The van der Waals surface area contributed by atoms with E-state index in [2.05, 4.69) is 16.5 Å². The van der Waals surface area contributed by atoms with E-state index in [1.54, 1.807) is 31.2 Å². The lowest BCUT2D eigenvalue weighted by molar-refractivity contribution is 0.0194. The maximum absolute atomic E-state index is 12.3. The van der Waals surface area contributed by atoms with Gasteiger partial charge in [0.25, 0.3) is 10.0 Å². The first-order chi connectivity index (χ1) is 10.6. The van der Waals surface area contributed by atoms with Gasteiger partial charge in [-0.2, -0.15) is 13.5 Å². The summed E-state index contributed by atoms with van der Waals surface area (Å²) in [5, 5.41) is 14.6. The molecular formula is C17H24N2O3S. The molecule has 1 fully saturated rings. The van der Waals surface area contributed by atoms with Gasteiger partial charge in [-0.05, 0) is 52.2 Å². The number of aryl methyl sites for hydroxylation is 1. The molecule has 0 unspecified atom stereocenters. The van der Waals surface area contributed by atoms with Gasteiger partial charge in [0.2, 0.25) is 0 Å². The van der Waals surface area contributed by atoms with Crippen molar-refractivity contribution in [3.63, 3.8) is 0 Å². The van der Waals surface area contributed by atoms with Crippen LogP contribution >= 0.6 is 0 Å². The third kappa shape index (κ3) is 4.00. The predicted molar refractivity (Wildman–Crippen MR) is 91.7 cm³/mol. The molecule has 0 saturated heterocycles. The summed E-state index contributed by atoms with van der Waals surface area (Å²) in [6, 6.07) is 6.57. The van der Waals surface area contributed by atoms with Crippen molar-refractivity contribution in [1.29, 1.82) is 0 Å². The van der Waals surface area contributed by atoms with Crippen molar-refractivity contribution >= 4 is 15.7 Å². The Hall–Kier alpha value is -1.66. The number of benzene rings is 1. The highest BCUT2D eigenvalue weighted by molar-refractivity contribution is 7.89. The van der Waals surface area contributed by atoms with Crippen molar-refractivity contribution in [3.8, 4) is 0 Å². The Kier molecular flexibility index (Phi) is 4.96. The van der Waals surface area contributed by atoms with Crippen molar-refractivity contribution in [3.05, 3.63) is 42.0 Å². The molecule has 2 atom stereocenters. The molecule has 1 aromatic rings. The van der Waals surface area contributed by atoms with Crippen LogP contribution in [0.1, 0.15) is 38.7 Å². The zero-order chi connectivity index (χ0) is 17.3. The first kappa shape index (κ1) is 17.7. The van der Waals surface area contributed by atoms with Crippen LogP contribution < -0.4 is 4.83 Å². The quantitative estimate of drug-likeness (QED) is 0.655. The monoisotopic (exact) mass is 336 g/mol. The van der Waals surface area contributed by atoms with Gasteiger partial charge in [-0.1, -0.05) is 29.8 Å². The summed E-state index contributed by atoms with van der Waals surface area (Å²) in [5.74, 6) is -0.336. The first-order valence-corrected chi connectivity index (χ1v) is 9.14. The Morgan fingerprint density at radius 1 is 1.39 bits per heavy atom. The van der Waals surface area contributed by atoms with Crippen LogP contribution in [0.5, 0.6) is 0 Å². The smallest absolute Gasteiger partial charge is 0.276 e. The molecular weight excluding hydrogens is 312 g/mol. The molecule has 0 amide bonds. The van der Waals surface area contributed by atoms with Crippen LogP contribution in [-0.2, 0) is 10.0 Å². The lowest BCUT2D eigenvalue weighted by Gasteiger charge is -2.38. The Morgan fingerprint density at radius 2 is 2.00 bits per heavy atom. The summed E-state index contributed by atoms with van der Waals surface area (Å²) < 4.78 is 24.6. The summed E-state index contributed by atoms with van der Waals surface area (Å²) in [4.78, 5) is 2.46. The second-order valence-corrected chi connectivity index (χ2v) is 8.16. The van der Waals surface area contributed by atoms with Crippen molar-refractivity contribution in [1.82, 2.24) is 4.83 Å². The number of hydrogen-bond donors (Lipinski definition) is 2. The Bertz CT molecular complexity index is 719. The second kappa shape index (κ2) is 6.45. The molecule has 126 valence electrons. The van der Waals surface area contributed by atoms with Gasteiger partial charge < -0.3 is 5.11 Å². The summed E-state index contributed by atoms with van der Waals surface area (Å²) >= 11 is 0. The fourth-order valence-corrected chi connectivity index (χ4v) is 3.94. The minimum atomic E-state index is -3.71. The van der Waals surface area contributed by atoms with Gasteiger partial charge in [-0.25, -0.2) is 4.83 Å². The maximum Gasteiger partial charge on any atom is 0.276 e. The van der Waals surface area contributed by atoms with Gasteiger partial charge in [-0.15, -0.1) is 0 Å². The number of sulfonamides is 1. The van der Waals surface area contributed by atoms with E-state index in [1.807, 2.05) is 13.8 Å². The highest BCUT2D eigenvalue weighted by Gasteiger charge is 2.39. The number of hydrazone groups is 1. The summed E-state index contributed by atoms with van der Waals surface area (Å²) in [7, 11) is -3.71. The van der Waals surface area contributed by atoms with E-state index in [0.717, 1.165) is 17.6 Å². The molecule has 0 radical (unpaired) electrons. The number of hydrogen-bond acceptors (Lipinski definition) is 4. The molecule has 0 aliphatic heterocycles. The fraction of sp³-hybridized carbons (Fsp3) is 0.471. The van der Waals surface area contributed by atoms with E-state index in [9.17, 15) is 13.5 Å². The van der Waals surface area contributed by atoms with Crippen molar-refractivity contribution in [2.24, 2.45) is 11.0 Å². The van der Waals surface area contributed by atoms with Crippen LogP contribution in [0, 0.1) is 12.8 Å². The molecule has 1 aliphatic rings. The molecule has 1 aliphatic carbocycles. The third-order valence-corrected chi connectivity index (χ3v) is 5.43.